The molecule has 0 amide bonds. The van der Waals surface area contributed by atoms with Crippen LogP contribution in [0, 0.1) is 0 Å². The van der Waals surface area contributed by atoms with E-state index in [0.717, 1.165) is 28.8 Å². The van der Waals surface area contributed by atoms with Gasteiger partial charge in [0, 0.05) is 36.6 Å². The van der Waals surface area contributed by atoms with Crippen LogP contribution in [0.25, 0.3) is 22.2 Å². The Morgan fingerprint density at radius 3 is 2.69 bits per heavy atom. The van der Waals surface area contributed by atoms with Crippen molar-refractivity contribution in [3.05, 3.63) is 84.2 Å². The van der Waals surface area contributed by atoms with Gasteiger partial charge in [0.25, 0.3) is 0 Å². The summed E-state index contributed by atoms with van der Waals surface area (Å²) in [7, 11) is 0. The second-order valence-corrected chi connectivity index (χ2v) is 6.32. The summed E-state index contributed by atoms with van der Waals surface area (Å²) in [5, 5.41) is 13.7. The van der Waals surface area contributed by atoms with E-state index in [2.05, 4.69) is 63.8 Å². The molecule has 0 saturated heterocycles. The van der Waals surface area contributed by atoms with Gasteiger partial charge in [0.1, 0.15) is 5.65 Å². The molecule has 0 atom stereocenters. The Labute approximate surface area is 152 Å². The number of rotatable bonds is 6. The minimum absolute atomic E-state index is 0.175. The quantitative estimate of drug-likeness (QED) is 0.487. The molecule has 0 fully saturated rings. The number of benzene rings is 2. The molecule has 4 heteroatoms. The smallest absolute Gasteiger partial charge is 0.137 e. The number of hydrogen-bond acceptors (Lipinski definition) is 3. The Balaban J connectivity index is 1.48. The highest BCUT2D eigenvalue weighted by Gasteiger charge is 2.05. The van der Waals surface area contributed by atoms with Crippen molar-refractivity contribution in [2.75, 3.05) is 11.9 Å². The highest BCUT2D eigenvalue weighted by molar-refractivity contribution is 5.92. The molecule has 0 saturated carbocycles. The molecule has 4 nitrogen and oxygen atoms in total. The maximum Gasteiger partial charge on any atom is 0.137 e. The fourth-order valence-electron chi connectivity index (χ4n) is 3.18. The van der Waals surface area contributed by atoms with Crippen LogP contribution in [0.2, 0.25) is 0 Å². The van der Waals surface area contributed by atoms with Gasteiger partial charge in [-0.1, -0.05) is 36.4 Å². The van der Waals surface area contributed by atoms with E-state index in [1.165, 1.54) is 16.7 Å². The number of hydrogen-bond donors (Lipinski definition) is 3. The zero-order valence-corrected chi connectivity index (χ0v) is 14.4. The Bertz CT molecular complexity index is 1010. The van der Waals surface area contributed by atoms with Crippen LogP contribution in [-0.4, -0.2) is 21.7 Å². The van der Waals surface area contributed by atoms with Gasteiger partial charge in [-0.25, -0.2) is 4.98 Å². The molecule has 130 valence electrons. The number of nitrogens with one attached hydrogen (secondary N) is 2. The van der Waals surface area contributed by atoms with Crippen LogP contribution in [0.4, 0.5) is 5.69 Å². The van der Waals surface area contributed by atoms with Crippen LogP contribution < -0.4 is 5.32 Å². The molecule has 4 rings (SSSR count). The second-order valence-electron chi connectivity index (χ2n) is 6.32. The standard InChI is InChI=1S/C22H21N3O/c26-13-10-16-2-1-3-19(14-16)25-15-17-4-6-18(7-5-17)20-8-11-23-22-21(20)9-12-24-22/h1-9,11-12,14,25-26H,10,13,15H2,(H,23,24). The van der Waals surface area contributed by atoms with Crippen molar-refractivity contribution in [3.8, 4) is 11.1 Å². The fraction of sp³-hybridized carbons (Fsp3) is 0.136. The number of aromatic nitrogens is 2. The van der Waals surface area contributed by atoms with E-state index in [0.29, 0.717) is 6.42 Å². The lowest BCUT2D eigenvalue weighted by Crippen LogP contribution is -2.00. The number of aromatic amines is 1. The van der Waals surface area contributed by atoms with Gasteiger partial charge in [0.05, 0.1) is 0 Å². The largest absolute Gasteiger partial charge is 0.396 e. The topological polar surface area (TPSA) is 60.9 Å². The van der Waals surface area contributed by atoms with Crippen molar-refractivity contribution in [3.63, 3.8) is 0 Å². The molecule has 0 bridgehead atoms. The average molecular weight is 343 g/mol. The third kappa shape index (κ3) is 3.46. The summed E-state index contributed by atoms with van der Waals surface area (Å²) in [4.78, 5) is 7.50. The zero-order chi connectivity index (χ0) is 17.8. The maximum absolute atomic E-state index is 9.06. The first-order valence-corrected chi connectivity index (χ1v) is 8.78. The van der Waals surface area contributed by atoms with E-state index in [4.69, 9.17) is 5.11 Å². The van der Waals surface area contributed by atoms with E-state index < -0.39 is 0 Å². The van der Waals surface area contributed by atoms with E-state index in [1.54, 1.807) is 0 Å². The number of aliphatic hydroxyl groups excluding tert-OH is 1. The van der Waals surface area contributed by atoms with E-state index >= 15 is 0 Å². The Kier molecular flexibility index (Phi) is 4.67. The van der Waals surface area contributed by atoms with Gasteiger partial charge in [-0.15, -0.1) is 0 Å². The number of aliphatic hydroxyl groups is 1. The van der Waals surface area contributed by atoms with Gasteiger partial charge in [-0.05, 0) is 52.9 Å². The Morgan fingerprint density at radius 1 is 0.962 bits per heavy atom. The molecule has 0 radical (unpaired) electrons. The van der Waals surface area contributed by atoms with Crippen LogP contribution >= 0.6 is 0 Å². The van der Waals surface area contributed by atoms with Gasteiger partial charge in [-0.3, -0.25) is 0 Å². The lowest BCUT2D eigenvalue weighted by Gasteiger charge is -2.09. The predicted molar refractivity (Wildman–Crippen MR) is 106 cm³/mol. The van der Waals surface area contributed by atoms with Gasteiger partial charge < -0.3 is 15.4 Å². The van der Waals surface area contributed by atoms with Crippen molar-refractivity contribution < 1.29 is 5.11 Å². The van der Waals surface area contributed by atoms with Gasteiger partial charge in [0.15, 0.2) is 0 Å². The molecule has 2 heterocycles. The molecule has 0 aliphatic carbocycles. The molecule has 4 aromatic rings. The predicted octanol–water partition coefficient (Wildman–Crippen LogP) is 4.38. The molecule has 0 aliphatic heterocycles. The summed E-state index contributed by atoms with van der Waals surface area (Å²) >= 11 is 0. The molecule has 26 heavy (non-hydrogen) atoms. The van der Waals surface area contributed by atoms with Gasteiger partial charge in [-0.2, -0.15) is 0 Å². The number of anilines is 1. The Morgan fingerprint density at radius 2 is 1.85 bits per heavy atom. The number of H-pyrrole nitrogens is 1. The second kappa shape index (κ2) is 7.42. The lowest BCUT2D eigenvalue weighted by molar-refractivity contribution is 0.299. The fourth-order valence-corrected chi connectivity index (χ4v) is 3.18. The van der Waals surface area contributed by atoms with Crippen molar-refractivity contribution >= 4 is 16.7 Å². The van der Waals surface area contributed by atoms with Crippen molar-refractivity contribution in [1.29, 1.82) is 0 Å². The van der Waals surface area contributed by atoms with Gasteiger partial charge in [0.2, 0.25) is 0 Å². The summed E-state index contributed by atoms with van der Waals surface area (Å²) < 4.78 is 0. The van der Waals surface area contributed by atoms with Crippen molar-refractivity contribution in [2.45, 2.75) is 13.0 Å². The minimum Gasteiger partial charge on any atom is -0.396 e. The monoisotopic (exact) mass is 343 g/mol. The summed E-state index contributed by atoms with van der Waals surface area (Å²) in [6.07, 6.45) is 4.44. The van der Waals surface area contributed by atoms with E-state index in [1.807, 2.05) is 24.5 Å². The van der Waals surface area contributed by atoms with E-state index in [-0.39, 0.29) is 6.61 Å². The van der Waals surface area contributed by atoms with Crippen LogP contribution in [-0.2, 0) is 13.0 Å². The molecule has 0 unspecified atom stereocenters. The molecule has 2 aromatic heterocycles. The van der Waals surface area contributed by atoms with Crippen LogP contribution in [0.1, 0.15) is 11.1 Å². The molecular weight excluding hydrogens is 322 g/mol. The normalized spacial score (nSPS) is 11.0. The third-order valence-electron chi connectivity index (χ3n) is 4.55. The maximum atomic E-state index is 9.06. The van der Waals surface area contributed by atoms with Crippen molar-refractivity contribution in [2.24, 2.45) is 0 Å². The molecule has 3 N–H and O–H groups in total. The highest BCUT2D eigenvalue weighted by Crippen LogP contribution is 2.27. The number of fused-ring (bicyclic) bond motifs is 1. The van der Waals surface area contributed by atoms with Crippen LogP contribution in [0.5, 0.6) is 0 Å². The van der Waals surface area contributed by atoms with E-state index in [9.17, 15) is 0 Å². The van der Waals surface area contributed by atoms with Crippen LogP contribution in [0.3, 0.4) is 0 Å². The first kappa shape index (κ1) is 16.4. The molecular formula is C22H21N3O. The van der Waals surface area contributed by atoms with Crippen molar-refractivity contribution in [1.82, 2.24) is 9.97 Å². The highest BCUT2D eigenvalue weighted by atomic mass is 16.2. The SMILES string of the molecule is OCCc1cccc(NCc2ccc(-c3ccnc4[nH]ccc34)cc2)c1. The molecule has 2 aromatic carbocycles. The van der Waals surface area contributed by atoms with Gasteiger partial charge >= 0.3 is 0 Å². The summed E-state index contributed by atoms with van der Waals surface area (Å²) in [6.45, 7) is 0.938. The van der Waals surface area contributed by atoms with Crippen LogP contribution in [0.15, 0.2) is 73.1 Å². The molecule has 0 aliphatic rings. The number of nitrogens with zero attached hydrogens (tertiary/aromatic N) is 1. The molecule has 0 spiro atoms. The summed E-state index contributed by atoms with van der Waals surface area (Å²) in [6, 6.07) is 20.9. The third-order valence-corrected chi connectivity index (χ3v) is 4.55. The minimum atomic E-state index is 0.175. The Hall–Kier alpha value is -3.11. The lowest BCUT2D eigenvalue weighted by atomic mass is 10.0. The summed E-state index contributed by atoms with van der Waals surface area (Å²) in [5.41, 5.74) is 6.72. The average Bonchev–Trinajstić information content (AvgIpc) is 3.16. The first-order chi connectivity index (χ1) is 12.8. The summed E-state index contributed by atoms with van der Waals surface area (Å²) in [5.74, 6) is 0. The first-order valence-electron chi connectivity index (χ1n) is 8.78. The zero-order valence-electron chi connectivity index (χ0n) is 14.4. The number of pyridine rings is 1.